The molecule has 0 bridgehead atoms. The van der Waals surface area contributed by atoms with Gasteiger partial charge in [0.25, 0.3) is 0 Å². The Morgan fingerprint density at radius 2 is 2.00 bits per heavy atom. The van der Waals surface area contributed by atoms with Gasteiger partial charge in [-0.2, -0.15) is 5.26 Å². The van der Waals surface area contributed by atoms with Gasteiger partial charge in [0.2, 0.25) is 0 Å². The average molecular weight is 383 g/mol. The molecule has 0 aliphatic heterocycles. The minimum absolute atomic E-state index is 0.0870. The van der Waals surface area contributed by atoms with Crippen LogP contribution in [-0.2, 0) is 11.2 Å². The summed E-state index contributed by atoms with van der Waals surface area (Å²) in [5, 5.41) is 9.54. The Balaban J connectivity index is 1.60. The summed E-state index contributed by atoms with van der Waals surface area (Å²) in [6, 6.07) is 13.8. The zero-order valence-corrected chi connectivity index (χ0v) is 15.2. The van der Waals surface area contributed by atoms with E-state index >= 15 is 0 Å². The Labute approximate surface area is 160 Å². The van der Waals surface area contributed by atoms with Crippen molar-refractivity contribution in [3.8, 4) is 28.9 Å². The number of nitriles is 1. The lowest BCUT2D eigenvalue weighted by atomic mass is 10.2. The number of hydrogen-bond donors (Lipinski definition) is 0. The van der Waals surface area contributed by atoms with Crippen molar-refractivity contribution in [2.24, 2.45) is 0 Å². The second-order valence-corrected chi connectivity index (χ2v) is 6.01. The highest BCUT2D eigenvalue weighted by Gasteiger charge is 2.13. The fraction of sp³-hybridized carbons (Fsp3) is 0.150. The molecule has 0 fully saturated rings. The number of nitrogens with zero attached hydrogens (tertiary/aromatic N) is 2. The van der Waals surface area contributed by atoms with Crippen LogP contribution in [0.2, 0.25) is 5.02 Å². The predicted octanol–water partition coefficient (Wildman–Crippen LogP) is 4.41. The number of carbonyl (C=O) groups is 1. The van der Waals surface area contributed by atoms with Gasteiger partial charge in [-0.1, -0.05) is 11.6 Å². The minimum atomic E-state index is -0.454. The van der Waals surface area contributed by atoms with Crippen LogP contribution >= 0.6 is 11.6 Å². The zero-order chi connectivity index (χ0) is 19.2. The van der Waals surface area contributed by atoms with Crippen molar-refractivity contribution in [1.29, 1.82) is 5.26 Å². The predicted molar refractivity (Wildman–Crippen MR) is 98.6 cm³/mol. The fourth-order valence-electron chi connectivity index (χ4n) is 2.38. The number of aryl methyl sites for hydroxylation is 1. The van der Waals surface area contributed by atoms with Crippen LogP contribution < -0.4 is 9.47 Å². The van der Waals surface area contributed by atoms with Crippen molar-refractivity contribution in [1.82, 2.24) is 4.98 Å². The first-order chi connectivity index (χ1) is 13.1. The molecule has 3 aromatic rings. The molecule has 0 radical (unpaired) electrons. The number of carbonyl (C=O) groups excluding carboxylic acids is 1. The van der Waals surface area contributed by atoms with E-state index in [1.165, 1.54) is 19.2 Å². The third-order valence-corrected chi connectivity index (χ3v) is 3.99. The molecule has 6 nitrogen and oxygen atoms in total. The normalized spacial score (nSPS) is 10.3. The highest BCUT2D eigenvalue weighted by atomic mass is 35.5. The largest absolute Gasteiger partial charge is 0.493 e. The maximum Gasteiger partial charge on any atom is 0.311 e. The summed E-state index contributed by atoms with van der Waals surface area (Å²) in [5.41, 5.74) is 1.27. The molecule has 0 saturated carbocycles. The summed E-state index contributed by atoms with van der Waals surface area (Å²) in [7, 11) is 1.44. The number of benzene rings is 2. The van der Waals surface area contributed by atoms with Crippen LogP contribution in [-0.4, -0.2) is 18.1 Å². The van der Waals surface area contributed by atoms with Gasteiger partial charge in [-0.3, -0.25) is 4.79 Å². The standard InChI is InChI=1S/C20H15ClN2O4/c1-25-17-10-13(11-22)2-7-16(17)27-20(24)9-8-19-23-12-18(26-19)14-3-5-15(21)6-4-14/h2-7,10,12H,8-9H2,1H3. The Morgan fingerprint density at radius 1 is 1.22 bits per heavy atom. The summed E-state index contributed by atoms with van der Waals surface area (Å²) in [4.78, 5) is 16.3. The van der Waals surface area contributed by atoms with Crippen molar-refractivity contribution in [3.05, 3.63) is 65.1 Å². The molecule has 0 unspecified atom stereocenters. The quantitative estimate of drug-likeness (QED) is 0.463. The van der Waals surface area contributed by atoms with Gasteiger partial charge in [-0.25, -0.2) is 4.98 Å². The van der Waals surface area contributed by atoms with Gasteiger partial charge in [0.05, 0.1) is 31.4 Å². The zero-order valence-electron chi connectivity index (χ0n) is 14.4. The Bertz CT molecular complexity index is 990. The number of hydrogen-bond acceptors (Lipinski definition) is 6. The highest BCUT2D eigenvalue weighted by molar-refractivity contribution is 6.30. The highest BCUT2D eigenvalue weighted by Crippen LogP contribution is 2.28. The van der Waals surface area contributed by atoms with Crippen LogP contribution in [0.5, 0.6) is 11.5 Å². The summed E-state index contributed by atoms with van der Waals surface area (Å²) in [6.07, 6.45) is 1.99. The maximum absolute atomic E-state index is 12.1. The topological polar surface area (TPSA) is 85.4 Å². The first-order valence-corrected chi connectivity index (χ1v) is 8.46. The molecular formula is C20H15ClN2O4. The van der Waals surface area contributed by atoms with E-state index in [1.54, 1.807) is 24.4 Å². The molecule has 0 spiro atoms. The van der Waals surface area contributed by atoms with Crippen LogP contribution in [0.1, 0.15) is 17.9 Å². The van der Waals surface area contributed by atoms with Gasteiger partial charge >= 0.3 is 5.97 Å². The van der Waals surface area contributed by atoms with E-state index in [0.717, 1.165) is 5.56 Å². The molecule has 0 N–H and O–H groups in total. The maximum atomic E-state index is 12.1. The average Bonchev–Trinajstić information content (AvgIpc) is 3.16. The van der Waals surface area contributed by atoms with E-state index in [0.29, 0.717) is 34.4 Å². The molecule has 27 heavy (non-hydrogen) atoms. The molecule has 7 heteroatoms. The van der Waals surface area contributed by atoms with E-state index in [9.17, 15) is 4.79 Å². The first kappa shape index (κ1) is 18.5. The van der Waals surface area contributed by atoms with E-state index in [-0.39, 0.29) is 12.2 Å². The summed E-state index contributed by atoms with van der Waals surface area (Å²) < 4.78 is 16.1. The number of halogens is 1. The molecule has 1 aromatic heterocycles. The van der Waals surface area contributed by atoms with Crippen LogP contribution in [0.25, 0.3) is 11.3 Å². The minimum Gasteiger partial charge on any atom is -0.493 e. The number of rotatable bonds is 6. The monoisotopic (exact) mass is 382 g/mol. The molecule has 0 aliphatic carbocycles. The summed E-state index contributed by atoms with van der Waals surface area (Å²) >= 11 is 5.87. The van der Waals surface area contributed by atoms with Gasteiger partial charge in [-0.05, 0) is 36.4 Å². The van der Waals surface area contributed by atoms with Crippen molar-refractivity contribution >= 4 is 17.6 Å². The SMILES string of the molecule is COc1cc(C#N)ccc1OC(=O)CCc1ncc(-c2ccc(Cl)cc2)o1. The number of aromatic nitrogens is 1. The molecule has 0 atom stereocenters. The van der Waals surface area contributed by atoms with Crippen LogP contribution in [0.15, 0.2) is 53.1 Å². The van der Waals surface area contributed by atoms with E-state index in [2.05, 4.69) is 4.98 Å². The van der Waals surface area contributed by atoms with Crippen molar-refractivity contribution in [2.75, 3.05) is 7.11 Å². The molecule has 136 valence electrons. The van der Waals surface area contributed by atoms with Crippen LogP contribution in [0.4, 0.5) is 0 Å². The van der Waals surface area contributed by atoms with Crippen LogP contribution in [0.3, 0.4) is 0 Å². The summed E-state index contributed by atoms with van der Waals surface area (Å²) in [5.74, 6) is 1.16. The van der Waals surface area contributed by atoms with Gasteiger partial charge in [-0.15, -0.1) is 0 Å². The van der Waals surface area contributed by atoms with Crippen molar-refractivity contribution in [3.63, 3.8) is 0 Å². The van der Waals surface area contributed by atoms with Gasteiger partial charge in [0, 0.05) is 23.1 Å². The third-order valence-electron chi connectivity index (χ3n) is 3.74. The van der Waals surface area contributed by atoms with Crippen molar-refractivity contribution < 1.29 is 18.7 Å². The number of esters is 1. The van der Waals surface area contributed by atoms with Crippen LogP contribution in [0, 0.1) is 11.3 Å². The lowest BCUT2D eigenvalue weighted by Gasteiger charge is -2.08. The van der Waals surface area contributed by atoms with E-state index < -0.39 is 5.97 Å². The van der Waals surface area contributed by atoms with E-state index in [1.807, 2.05) is 18.2 Å². The van der Waals surface area contributed by atoms with Crippen molar-refractivity contribution in [2.45, 2.75) is 12.8 Å². The van der Waals surface area contributed by atoms with Gasteiger partial charge in [0.1, 0.15) is 0 Å². The lowest BCUT2D eigenvalue weighted by molar-refractivity contribution is -0.134. The second-order valence-electron chi connectivity index (χ2n) is 5.58. The Morgan fingerprint density at radius 3 is 2.70 bits per heavy atom. The third kappa shape index (κ3) is 4.66. The Kier molecular flexibility index (Phi) is 5.74. The molecule has 3 rings (SSSR count). The number of ether oxygens (including phenoxy) is 2. The smallest absolute Gasteiger partial charge is 0.311 e. The van der Waals surface area contributed by atoms with E-state index in [4.69, 9.17) is 30.8 Å². The molecular weight excluding hydrogens is 368 g/mol. The first-order valence-electron chi connectivity index (χ1n) is 8.08. The number of methoxy groups -OCH3 is 1. The molecule has 0 saturated heterocycles. The second kappa shape index (κ2) is 8.39. The summed E-state index contributed by atoms with van der Waals surface area (Å²) in [6.45, 7) is 0. The lowest BCUT2D eigenvalue weighted by Crippen LogP contribution is -2.10. The molecule has 0 aliphatic rings. The fourth-order valence-corrected chi connectivity index (χ4v) is 2.50. The van der Waals surface area contributed by atoms with Gasteiger partial charge in [0.15, 0.2) is 23.1 Å². The number of oxazole rings is 1. The molecule has 2 aromatic carbocycles. The Hall–Kier alpha value is -3.30. The molecule has 0 amide bonds. The molecule has 1 heterocycles. The van der Waals surface area contributed by atoms with Gasteiger partial charge < -0.3 is 13.9 Å².